The highest BCUT2D eigenvalue weighted by atomic mass is 16.5. The SMILES string of the molecule is Cc1ccc(C(C)C)c(OCC(=O)N2CCCC2CC(=O)O)c1. The van der Waals surface area contributed by atoms with Crippen LogP contribution in [0.1, 0.15) is 50.2 Å². The molecule has 126 valence electrons. The number of hydrogen-bond acceptors (Lipinski definition) is 3. The van der Waals surface area contributed by atoms with Crippen molar-refractivity contribution in [3.8, 4) is 5.75 Å². The Morgan fingerprint density at radius 3 is 2.78 bits per heavy atom. The molecular formula is C18H25NO4. The van der Waals surface area contributed by atoms with E-state index in [1.165, 1.54) is 0 Å². The van der Waals surface area contributed by atoms with Gasteiger partial charge in [-0.25, -0.2) is 0 Å². The van der Waals surface area contributed by atoms with E-state index in [0.717, 1.165) is 29.7 Å². The molecule has 1 saturated heterocycles. The highest BCUT2D eigenvalue weighted by Gasteiger charge is 2.30. The van der Waals surface area contributed by atoms with Crippen LogP contribution < -0.4 is 4.74 Å². The van der Waals surface area contributed by atoms with E-state index in [1.54, 1.807) is 4.90 Å². The number of rotatable bonds is 6. The molecule has 0 spiro atoms. The summed E-state index contributed by atoms with van der Waals surface area (Å²) >= 11 is 0. The molecule has 1 aromatic carbocycles. The van der Waals surface area contributed by atoms with E-state index in [2.05, 4.69) is 13.8 Å². The van der Waals surface area contributed by atoms with Crippen molar-refractivity contribution in [3.05, 3.63) is 29.3 Å². The largest absolute Gasteiger partial charge is 0.483 e. The van der Waals surface area contributed by atoms with E-state index in [9.17, 15) is 9.59 Å². The van der Waals surface area contributed by atoms with Gasteiger partial charge in [0.2, 0.25) is 0 Å². The average molecular weight is 319 g/mol. The first kappa shape index (κ1) is 17.3. The Morgan fingerprint density at radius 1 is 1.39 bits per heavy atom. The number of amides is 1. The molecule has 5 heteroatoms. The van der Waals surface area contributed by atoms with Crippen LogP contribution in [0.2, 0.25) is 0 Å². The van der Waals surface area contributed by atoms with Gasteiger partial charge in [-0.15, -0.1) is 0 Å². The van der Waals surface area contributed by atoms with Gasteiger partial charge < -0.3 is 14.7 Å². The lowest BCUT2D eigenvalue weighted by molar-refractivity contribution is -0.140. The van der Waals surface area contributed by atoms with Crippen molar-refractivity contribution in [2.75, 3.05) is 13.2 Å². The predicted octanol–water partition coefficient (Wildman–Crippen LogP) is 2.96. The fourth-order valence-corrected chi connectivity index (χ4v) is 3.04. The van der Waals surface area contributed by atoms with Gasteiger partial charge >= 0.3 is 5.97 Å². The number of carboxylic acids is 1. The van der Waals surface area contributed by atoms with E-state index in [4.69, 9.17) is 9.84 Å². The molecular weight excluding hydrogens is 294 g/mol. The van der Waals surface area contributed by atoms with Gasteiger partial charge in [0, 0.05) is 12.6 Å². The molecule has 5 nitrogen and oxygen atoms in total. The van der Waals surface area contributed by atoms with Gasteiger partial charge in [-0.1, -0.05) is 26.0 Å². The minimum absolute atomic E-state index is 0.00737. The first-order chi connectivity index (χ1) is 10.9. The number of aryl methyl sites for hydroxylation is 1. The first-order valence-electron chi connectivity index (χ1n) is 8.13. The molecule has 2 rings (SSSR count). The lowest BCUT2D eigenvalue weighted by Crippen LogP contribution is -2.39. The van der Waals surface area contributed by atoms with Crippen LogP contribution in [0.25, 0.3) is 0 Å². The zero-order chi connectivity index (χ0) is 17.0. The Labute approximate surface area is 137 Å². The summed E-state index contributed by atoms with van der Waals surface area (Å²) in [5, 5.41) is 8.94. The molecule has 0 aromatic heterocycles. The van der Waals surface area contributed by atoms with Gasteiger partial charge in [0.1, 0.15) is 5.75 Å². The van der Waals surface area contributed by atoms with Crippen LogP contribution in [0.3, 0.4) is 0 Å². The van der Waals surface area contributed by atoms with Crippen LogP contribution >= 0.6 is 0 Å². The molecule has 23 heavy (non-hydrogen) atoms. The van der Waals surface area contributed by atoms with E-state index in [0.29, 0.717) is 12.5 Å². The summed E-state index contributed by atoms with van der Waals surface area (Å²) in [5.41, 5.74) is 2.16. The molecule has 1 amide bonds. The normalized spacial score (nSPS) is 17.6. The van der Waals surface area contributed by atoms with Crippen LogP contribution in [-0.2, 0) is 9.59 Å². The van der Waals surface area contributed by atoms with Crippen molar-refractivity contribution in [2.24, 2.45) is 0 Å². The maximum Gasteiger partial charge on any atom is 0.305 e. The second-order valence-corrected chi connectivity index (χ2v) is 6.47. The Kier molecular flexibility index (Phi) is 5.64. The van der Waals surface area contributed by atoms with Gasteiger partial charge in [-0.2, -0.15) is 0 Å². The van der Waals surface area contributed by atoms with E-state index >= 15 is 0 Å². The second-order valence-electron chi connectivity index (χ2n) is 6.47. The number of likely N-dealkylation sites (tertiary alicyclic amines) is 1. The average Bonchev–Trinajstić information content (AvgIpc) is 2.91. The topological polar surface area (TPSA) is 66.8 Å². The fourth-order valence-electron chi connectivity index (χ4n) is 3.04. The van der Waals surface area contributed by atoms with Crippen molar-refractivity contribution in [1.82, 2.24) is 4.90 Å². The summed E-state index contributed by atoms with van der Waals surface area (Å²) in [7, 11) is 0. The third-order valence-electron chi connectivity index (χ3n) is 4.25. The van der Waals surface area contributed by atoms with Crippen molar-refractivity contribution in [3.63, 3.8) is 0 Å². The Balaban J connectivity index is 2.01. The number of carbonyl (C=O) groups is 2. The molecule has 0 saturated carbocycles. The van der Waals surface area contributed by atoms with Crippen molar-refractivity contribution >= 4 is 11.9 Å². The molecule has 0 radical (unpaired) electrons. The number of ether oxygens (including phenoxy) is 1. The second kappa shape index (κ2) is 7.49. The Hall–Kier alpha value is -2.04. The number of hydrogen-bond donors (Lipinski definition) is 1. The van der Waals surface area contributed by atoms with Gasteiger partial charge in [-0.05, 0) is 42.9 Å². The smallest absolute Gasteiger partial charge is 0.305 e. The van der Waals surface area contributed by atoms with Crippen LogP contribution in [0.4, 0.5) is 0 Å². The van der Waals surface area contributed by atoms with Crippen LogP contribution in [0.15, 0.2) is 18.2 Å². The summed E-state index contributed by atoms with van der Waals surface area (Å²) in [4.78, 5) is 24.9. The van der Waals surface area contributed by atoms with Crippen molar-refractivity contribution in [2.45, 2.75) is 52.0 Å². The first-order valence-corrected chi connectivity index (χ1v) is 8.13. The van der Waals surface area contributed by atoms with Crippen LogP contribution in [-0.4, -0.2) is 41.1 Å². The molecule has 1 aromatic rings. The third-order valence-corrected chi connectivity index (χ3v) is 4.25. The van der Waals surface area contributed by atoms with Gasteiger partial charge in [0.15, 0.2) is 6.61 Å². The monoisotopic (exact) mass is 319 g/mol. The van der Waals surface area contributed by atoms with Crippen LogP contribution in [0.5, 0.6) is 5.75 Å². The predicted molar refractivity (Wildman–Crippen MR) is 87.8 cm³/mol. The lowest BCUT2D eigenvalue weighted by Gasteiger charge is -2.24. The van der Waals surface area contributed by atoms with Gasteiger partial charge in [-0.3, -0.25) is 9.59 Å². The van der Waals surface area contributed by atoms with Crippen LogP contribution in [0, 0.1) is 6.92 Å². The quantitative estimate of drug-likeness (QED) is 0.875. The van der Waals surface area contributed by atoms with Gasteiger partial charge in [0.05, 0.1) is 6.42 Å². The van der Waals surface area contributed by atoms with E-state index in [-0.39, 0.29) is 25.0 Å². The Bertz CT molecular complexity index is 582. The maximum absolute atomic E-state index is 12.4. The minimum Gasteiger partial charge on any atom is -0.483 e. The molecule has 1 N–H and O–H groups in total. The summed E-state index contributed by atoms with van der Waals surface area (Å²) in [6.07, 6.45) is 1.61. The maximum atomic E-state index is 12.4. The molecule has 1 unspecified atom stereocenters. The summed E-state index contributed by atoms with van der Waals surface area (Å²) < 4.78 is 5.77. The number of nitrogens with zero attached hydrogens (tertiary/aromatic N) is 1. The molecule has 1 atom stereocenters. The number of carbonyl (C=O) groups excluding carboxylic acids is 1. The Morgan fingerprint density at radius 2 is 2.13 bits per heavy atom. The van der Waals surface area contributed by atoms with Crippen molar-refractivity contribution in [1.29, 1.82) is 0 Å². The lowest BCUT2D eigenvalue weighted by atomic mass is 10.0. The fraction of sp³-hybridized carbons (Fsp3) is 0.556. The summed E-state index contributed by atoms with van der Waals surface area (Å²) in [5.74, 6) is 0.0518. The molecule has 0 aliphatic carbocycles. The van der Waals surface area contributed by atoms with Crippen molar-refractivity contribution < 1.29 is 19.4 Å². The zero-order valence-corrected chi connectivity index (χ0v) is 14.0. The number of aliphatic carboxylic acids is 1. The van der Waals surface area contributed by atoms with E-state index < -0.39 is 5.97 Å². The van der Waals surface area contributed by atoms with Gasteiger partial charge in [0.25, 0.3) is 5.91 Å². The highest BCUT2D eigenvalue weighted by molar-refractivity contribution is 5.79. The summed E-state index contributed by atoms with van der Waals surface area (Å²) in [6, 6.07) is 5.81. The standard InChI is InChI=1S/C18H25NO4/c1-12(2)15-7-6-13(3)9-16(15)23-11-17(20)19-8-4-5-14(19)10-18(21)22/h6-7,9,12,14H,4-5,8,10-11H2,1-3H3,(H,21,22). The molecule has 1 heterocycles. The molecule has 1 aliphatic rings. The molecule has 1 fully saturated rings. The number of carboxylic acid groups (broad SMARTS) is 1. The third kappa shape index (κ3) is 4.47. The molecule has 0 bridgehead atoms. The number of benzene rings is 1. The minimum atomic E-state index is -0.864. The zero-order valence-electron chi connectivity index (χ0n) is 14.0. The molecule has 1 aliphatic heterocycles. The highest BCUT2D eigenvalue weighted by Crippen LogP contribution is 2.28. The summed E-state index contributed by atoms with van der Waals surface area (Å²) in [6.45, 7) is 6.73. The van der Waals surface area contributed by atoms with E-state index in [1.807, 2.05) is 25.1 Å².